The number of hydrogen-bond donors (Lipinski definition) is 2. The molecular weight excluding hydrogens is 314 g/mol. The van der Waals surface area contributed by atoms with E-state index < -0.39 is 11.8 Å². The number of rotatable bonds is 5. The number of allylic oxidation sites excluding steroid dienone is 2. The highest BCUT2D eigenvalue weighted by Crippen LogP contribution is 2.17. The van der Waals surface area contributed by atoms with Gasteiger partial charge in [-0.15, -0.1) is 0 Å². The van der Waals surface area contributed by atoms with Crippen LogP contribution in [0.3, 0.4) is 0 Å². The molecule has 2 amide bonds. The van der Waals surface area contributed by atoms with Gasteiger partial charge in [-0.05, 0) is 68.8 Å². The summed E-state index contributed by atoms with van der Waals surface area (Å²) in [7, 11) is 0. The van der Waals surface area contributed by atoms with Crippen molar-refractivity contribution in [2.45, 2.75) is 38.6 Å². The van der Waals surface area contributed by atoms with Crippen LogP contribution >= 0.6 is 0 Å². The lowest BCUT2D eigenvalue weighted by Gasteiger charge is -2.18. The van der Waals surface area contributed by atoms with Gasteiger partial charge in [-0.25, -0.2) is 0 Å². The number of hydrogen-bond acceptors (Lipinski definition) is 3. The summed E-state index contributed by atoms with van der Waals surface area (Å²) in [6.45, 7) is 3.72. The monoisotopic (exact) mass is 341 g/mol. The van der Waals surface area contributed by atoms with Crippen molar-refractivity contribution in [2.75, 3.05) is 25.0 Å². The van der Waals surface area contributed by atoms with Crippen LogP contribution in [-0.4, -0.2) is 36.3 Å². The lowest BCUT2D eigenvalue weighted by Crippen LogP contribution is -2.38. The van der Waals surface area contributed by atoms with Crippen LogP contribution in [0.25, 0.3) is 0 Å². The average molecular weight is 341 g/mol. The Hall–Kier alpha value is -2.14. The maximum Gasteiger partial charge on any atom is 0.313 e. The molecule has 0 saturated carbocycles. The van der Waals surface area contributed by atoms with Gasteiger partial charge in [-0.1, -0.05) is 24.3 Å². The molecule has 1 saturated heterocycles. The highest BCUT2D eigenvalue weighted by atomic mass is 16.2. The molecule has 1 aromatic rings. The third-order valence-corrected chi connectivity index (χ3v) is 4.92. The summed E-state index contributed by atoms with van der Waals surface area (Å²) in [6.07, 6.45) is 9.92. The summed E-state index contributed by atoms with van der Waals surface area (Å²) in [6, 6.07) is 7.76. The minimum absolute atomic E-state index is 0.436. The average Bonchev–Trinajstić information content (AvgIpc) is 3.14. The van der Waals surface area contributed by atoms with Gasteiger partial charge in [0.2, 0.25) is 0 Å². The zero-order chi connectivity index (χ0) is 17.5. The molecule has 3 rings (SSSR count). The van der Waals surface area contributed by atoms with Crippen molar-refractivity contribution in [2.24, 2.45) is 5.92 Å². The van der Waals surface area contributed by atoms with Crippen LogP contribution in [0.4, 0.5) is 5.69 Å². The Bertz CT molecular complexity index is 636. The molecular formula is C20H27N3O2. The van der Waals surface area contributed by atoms with Gasteiger partial charge in [-0.3, -0.25) is 14.5 Å². The SMILES string of the molecule is O=C(NCC1CC=CCC1)C(=O)Nc1cccc(CN2CCCC2)c1. The lowest BCUT2D eigenvalue weighted by molar-refractivity contribution is -0.136. The maximum absolute atomic E-state index is 12.1. The number of carbonyl (C=O) groups is 2. The summed E-state index contributed by atoms with van der Waals surface area (Å²) in [5.74, 6) is -0.713. The predicted molar refractivity (Wildman–Crippen MR) is 99.1 cm³/mol. The molecule has 5 nitrogen and oxygen atoms in total. The normalized spacial score (nSPS) is 20.4. The molecule has 1 aliphatic carbocycles. The Morgan fingerprint density at radius 3 is 2.72 bits per heavy atom. The number of benzene rings is 1. The largest absolute Gasteiger partial charge is 0.348 e. The third-order valence-electron chi connectivity index (χ3n) is 4.92. The molecule has 1 aromatic carbocycles. The molecule has 1 atom stereocenters. The molecule has 0 spiro atoms. The van der Waals surface area contributed by atoms with Gasteiger partial charge in [-0.2, -0.15) is 0 Å². The molecule has 1 heterocycles. The molecule has 1 unspecified atom stereocenters. The van der Waals surface area contributed by atoms with E-state index in [9.17, 15) is 9.59 Å². The zero-order valence-electron chi connectivity index (χ0n) is 14.7. The van der Waals surface area contributed by atoms with Gasteiger partial charge < -0.3 is 10.6 Å². The second-order valence-corrected chi connectivity index (χ2v) is 7.00. The van der Waals surface area contributed by atoms with Crippen molar-refractivity contribution in [3.63, 3.8) is 0 Å². The molecule has 5 heteroatoms. The van der Waals surface area contributed by atoms with Crippen LogP contribution in [0, 0.1) is 5.92 Å². The molecule has 2 aliphatic rings. The second-order valence-electron chi connectivity index (χ2n) is 7.00. The van der Waals surface area contributed by atoms with Crippen LogP contribution in [-0.2, 0) is 16.1 Å². The number of likely N-dealkylation sites (tertiary alicyclic amines) is 1. The molecule has 1 fully saturated rings. The first-order chi connectivity index (χ1) is 12.2. The molecule has 0 aromatic heterocycles. The topological polar surface area (TPSA) is 61.4 Å². The van der Waals surface area contributed by atoms with E-state index in [4.69, 9.17) is 0 Å². The van der Waals surface area contributed by atoms with Gasteiger partial charge in [0.25, 0.3) is 0 Å². The van der Waals surface area contributed by atoms with Crippen molar-refractivity contribution >= 4 is 17.5 Å². The van der Waals surface area contributed by atoms with Crippen molar-refractivity contribution in [3.05, 3.63) is 42.0 Å². The fourth-order valence-electron chi connectivity index (χ4n) is 3.49. The minimum atomic E-state index is -0.593. The Kier molecular flexibility index (Phi) is 6.23. The van der Waals surface area contributed by atoms with E-state index in [1.807, 2.05) is 18.2 Å². The van der Waals surface area contributed by atoms with Gasteiger partial charge in [0.05, 0.1) is 0 Å². The smallest absolute Gasteiger partial charge is 0.313 e. The van der Waals surface area contributed by atoms with E-state index in [1.54, 1.807) is 0 Å². The highest BCUT2D eigenvalue weighted by molar-refractivity contribution is 6.39. The number of anilines is 1. The van der Waals surface area contributed by atoms with E-state index in [0.29, 0.717) is 18.2 Å². The highest BCUT2D eigenvalue weighted by Gasteiger charge is 2.17. The Labute approximate surface area is 149 Å². The quantitative estimate of drug-likeness (QED) is 0.639. The van der Waals surface area contributed by atoms with Crippen LogP contribution in [0.1, 0.15) is 37.7 Å². The Balaban J connectivity index is 1.47. The third kappa shape index (κ3) is 5.43. The van der Waals surface area contributed by atoms with Crippen molar-refractivity contribution in [3.8, 4) is 0 Å². The van der Waals surface area contributed by atoms with Crippen LogP contribution in [0.15, 0.2) is 36.4 Å². The fourth-order valence-corrected chi connectivity index (χ4v) is 3.49. The summed E-state index contributed by atoms with van der Waals surface area (Å²) in [5, 5.41) is 5.46. The van der Waals surface area contributed by atoms with E-state index >= 15 is 0 Å². The Morgan fingerprint density at radius 1 is 1.12 bits per heavy atom. The standard InChI is InChI=1S/C20H27N3O2/c24-19(21-14-16-7-2-1-3-8-16)20(25)22-18-10-6-9-17(13-18)15-23-11-4-5-12-23/h1-2,6,9-10,13,16H,3-5,7-8,11-12,14-15H2,(H,21,24)(H,22,25). The molecule has 1 aliphatic heterocycles. The summed E-state index contributed by atoms with van der Waals surface area (Å²) in [4.78, 5) is 26.5. The predicted octanol–water partition coefficient (Wildman–Crippen LogP) is 2.69. The summed E-state index contributed by atoms with van der Waals surface area (Å²) in [5.41, 5.74) is 1.84. The lowest BCUT2D eigenvalue weighted by atomic mass is 9.94. The fraction of sp³-hybridized carbons (Fsp3) is 0.500. The first kappa shape index (κ1) is 17.7. The zero-order valence-corrected chi connectivity index (χ0v) is 14.7. The van der Waals surface area contributed by atoms with Crippen molar-refractivity contribution < 1.29 is 9.59 Å². The number of carbonyl (C=O) groups excluding carboxylic acids is 2. The molecule has 2 N–H and O–H groups in total. The minimum Gasteiger partial charge on any atom is -0.348 e. The molecule has 134 valence electrons. The van der Waals surface area contributed by atoms with Crippen molar-refractivity contribution in [1.82, 2.24) is 10.2 Å². The number of nitrogens with one attached hydrogen (secondary N) is 2. The first-order valence-electron chi connectivity index (χ1n) is 9.26. The van der Waals surface area contributed by atoms with Gasteiger partial charge in [0, 0.05) is 18.8 Å². The summed E-state index contributed by atoms with van der Waals surface area (Å²) >= 11 is 0. The van der Waals surface area contributed by atoms with Gasteiger partial charge in [0.15, 0.2) is 0 Å². The molecule has 0 bridgehead atoms. The van der Waals surface area contributed by atoms with E-state index in [-0.39, 0.29) is 0 Å². The van der Waals surface area contributed by atoms with E-state index in [2.05, 4.69) is 33.8 Å². The summed E-state index contributed by atoms with van der Waals surface area (Å²) < 4.78 is 0. The first-order valence-corrected chi connectivity index (χ1v) is 9.26. The van der Waals surface area contributed by atoms with Gasteiger partial charge >= 0.3 is 11.8 Å². The van der Waals surface area contributed by atoms with E-state index in [1.165, 1.54) is 12.8 Å². The van der Waals surface area contributed by atoms with Crippen LogP contribution < -0.4 is 10.6 Å². The second kappa shape index (κ2) is 8.81. The Morgan fingerprint density at radius 2 is 1.96 bits per heavy atom. The molecule has 25 heavy (non-hydrogen) atoms. The number of nitrogens with zero attached hydrogens (tertiary/aromatic N) is 1. The van der Waals surface area contributed by atoms with Crippen LogP contribution in [0.2, 0.25) is 0 Å². The van der Waals surface area contributed by atoms with Gasteiger partial charge in [0.1, 0.15) is 0 Å². The number of amides is 2. The molecule has 0 radical (unpaired) electrons. The maximum atomic E-state index is 12.1. The van der Waals surface area contributed by atoms with E-state index in [0.717, 1.165) is 44.5 Å². The van der Waals surface area contributed by atoms with Crippen molar-refractivity contribution in [1.29, 1.82) is 0 Å². The van der Waals surface area contributed by atoms with Crippen LogP contribution in [0.5, 0.6) is 0 Å².